The van der Waals surface area contributed by atoms with Gasteiger partial charge in [-0.05, 0) is 19.9 Å². The number of benzene rings is 1. The number of nitrogens with zero attached hydrogens (tertiary/aromatic N) is 2. The van der Waals surface area contributed by atoms with Gasteiger partial charge in [-0.25, -0.2) is 14.8 Å². The third kappa shape index (κ3) is 3.21. The van der Waals surface area contributed by atoms with Gasteiger partial charge >= 0.3 is 5.97 Å². The topological polar surface area (TPSA) is 97.0 Å². The third-order valence-electron chi connectivity index (χ3n) is 3.68. The lowest BCUT2D eigenvalue weighted by Crippen LogP contribution is -2.17. The van der Waals surface area contributed by atoms with Crippen LogP contribution < -0.4 is 5.32 Å². The minimum absolute atomic E-state index is 0.00172. The van der Waals surface area contributed by atoms with Crippen molar-refractivity contribution < 1.29 is 14.3 Å². The maximum atomic E-state index is 12.1. The zero-order valence-electron chi connectivity index (χ0n) is 14.2. The Morgan fingerprint density at radius 1 is 1.24 bits per heavy atom. The van der Waals surface area contributed by atoms with Gasteiger partial charge in [-0.1, -0.05) is 18.2 Å². The van der Waals surface area contributed by atoms with Crippen LogP contribution in [-0.2, 0) is 9.53 Å². The number of rotatable bonds is 4. The first-order valence-electron chi connectivity index (χ1n) is 7.91. The number of aryl methyl sites for hydroxylation is 1. The summed E-state index contributed by atoms with van der Waals surface area (Å²) in [6, 6.07) is 7.81. The Balaban J connectivity index is 2.17. The third-order valence-corrected chi connectivity index (χ3v) is 3.68. The highest BCUT2D eigenvalue weighted by Gasteiger charge is 2.21. The van der Waals surface area contributed by atoms with Gasteiger partial charge < -0.3 is 15.0 Å². The Bertz CT molecular complexity index is 962. The molecule has 0 unspecified atom stereocenters. The van der Waals surface area contributed by atoms with Crippen LogP contribution in [0.25, 0.3) is 22.2 Å². The molecule has 1 amide bonds. The molecule has 1 aromatic carbocycles. The van der Waals surface area contributed by atoms with Crippen LogP contribution in [0.15, 0.2) is 30.5 Å². The van der Waals surface area contributed by atoms with Crippen molar-refractivity contribution in [3.63, 3.8) is 0 Å². The van der Waals surface area contributed by atoms with Crippen LogP contribution in [0.4, 0.5) is 5.82 Å². The van der Waals surface area contributed by atoms with Crippen LogP contribution in [0.1, 0.15) is 30.0 Å². The van der Waals surface area contributed by atoms with Crippen LogP contribution in [-0.4, -0.2) is 33.4 Å². The lowest BCUT2D eigenvalue weighted by Gasteiger charge is -2.12. The normalized spacial score (nSPS) is 10.7. The maximum Gasteiger partial charge on any atom is 0.360 e. The fraction of sp³-hybridized carbons (Fsp3) is 0.222. The van der Waals surface area contributed by atoms with Crippen molar-refractivity contribution in [3.05, 3.63) is 41.9 Å². The highest BCUT2D eigenvalue weighted by Crippen LogP contribution is 2.30. The molecule has 25 heavy (non-hydrogen) atoms. The molecule has 0 saturated carbocycles. The van der Waals surface area contributed by atoms with Crippen LogP contribution in [0.2, 0.25) is 0 Å². The van der Waals surface area contributed by atoms with E-state index in [1.54, 1.807) is 13.8 Å². The highest BCUT2D eigenvalue weighted by molar-refractivity contribution is 6.00. The number of hydrogen-bond acceptors (Lipinski definition) is 5. The SMILES string of the molecule is CCOC(=O)c1nc(C)c(-c2c[nH]c3ccccc23)nc1NC(C)=O. The van der Waals surface area contributed by atoms with Crippen molar-refractivity contribution in [2.24, 2.45) is 0 Å². The van der Waals surface area contributed by atoms with Crippen LogP contribution in [0.5, 0.6) is 0 Å². The van der Waals surface area contributed by atoms with Crippen LogP contribution >= 0.6 is 0 Å². The van der Waals surface area contributed by atoms with E-state index in [0.717, 1.165) is 16.5 Å². The number of ether oxygens (including phenoxy) is 1. The summed E-state index contributed by atoms with van der Waals surface area (Å²) >= 11 is 0. The Labute approximate surface area is 144 Å². The van der Waals surface area contributed by atoms with Gasteiger partial charge in [0.15, 0.2) is 11.5 Å². The number of H-pyrrole nitrogens is 1. The maximum absolute atomic E-state index is 12.1. The zero-order chi connectivity index (χ0) is 18.0. The van der Waals surface area contributed by atoms with Crippen molar-refractivity contribution in [2.45, 2.75) is 20.8 Å². The van der Waals surface area contributed by atoms with Crippen LogP contribution in [0, 0.1) is 6.92 Å². The molecular weight excluding hydrogens is 320 g/mol. The van der Waals surface area contributed by atoms with Gasteiger partial charge in [-0.3, -0.25) is 4.79 Å². The van der Waals surface area contributed by atoms with Crippen molar-refractivity contribution in [1.82, 2.24) is 15.0 Å². The Kier molecular flexibility index (Phi) is 4.47. The molecule has 3 aromatic rings. The molecule has 128 valence electrons. The second-order valence-electron chi connectivity index (χ2n) is 5.50. The summed E-state index contributed by atoms with van der Waals surface area (Å²) in [5.41, 5.74) is 2.98. The summed E-state index contributed by atoms with van der Waals surface area (Å²) in [7, 11) is 0. The molecule has 0 aliphatic heterocycles. The zero-order valence-corrected chi connectivity index (χ0v) is 14.2. The molecule has 0 saturated heterocycles. The lowest BCUT2D eigenvalue weighted by atomic mass is 10.1. The fourth-order valence-electron chi connectivity index (χ4n) is 2.64. The standard InChI is InChI=1S/C18H18N4O3/c1-4-25-18(24)16-17(21-11(3)23)22-15(10(2)20-16)13-9-19-14-8-6-5-7-12(13)14/h5-9,19H,4H2,1-3H3,(H,21,22,23). The molecule has 2 heterocycles. The molecule has 0 atom stereocenters. The molecule has 0 radical (unpaired) electrons. The minimum Gasteiger partial charge on any atom is -0.461 e. The number of hydrogen-bond donors (Lipinski definition) is 2. The second-order valence-corrected chi connectivity index (χ2v) is 5.50. The van der Waals surface area contributed by atoms with E-state index in [0.29, 0.717) is 11.4 Å². The fourth-order valence-corrected chi connectivity index (χ4v) is 2.64. The molecule has 2 aromatic heterocycles. The average molecular weight is 338 g/mol. The van der Waals surface area contributed by atoms with E-state index < -0.39 is 5.97 Å². The van der Waals surface area contributed by atoms with E-state index in [1.807, 2.05) is 30.5 Å². The minimum atomic E-state index is -0.618. The summed E-state index contributed by atoms with van der Waals surface area (Å²) in [5.74, 6) is -0.863. The molecule has 7 nitrogen and oxygen atoms in total. The van der Waals surface area contributed by atoms with E-state index in [-0.39, 0.29) is 24.0 Å². The smallest absolute Gasteiger partial charge is 0.360 e. The summed E-state index contributed by atoms with van der Waals surface area (Å²) in [4.78, 5) is 35.7. The van der Waals surface area contributed by atoms with E-state index in [2.05, 4.69) is 20.3 Å². The van der Waals surface area contributed by atoms with Gasteiger partial charge in [0.05, 0.1) is 18.0 Å². The number of nitrogens with one attached hydrogen (secondary N) is 2. The number of aromatic nitrogens is 3. The van der Waals surface area contributed by atoms with Crippen LogP contribution in [0.3, 0.4) is 0 Å². The molecule has 0 bridgehead atoms. The monoisotopic (exact) mass is 338 g/mol. The van der Waals surface area contributed by atoms with Gasteiger partial charge in [0.25, 0.3) is 0 Å². The lowest BCUT2D eigenvalue weighted by molar-refractivity contribution is -0.114. The summed E-state index contributed by atoms with van der Waals surface area (Å²) in [6.45, 7) is 5.03. The molecule has 2 N–H and O–H groups in total. The van der Waals surface area contributed by atoms with Gasteiger partial charge in [0, 0.05) is 29.6 Å². The number of aromatic amines is 1. The van der Waals surface area contributed by atoms with Gasteiger partial charge in [-0.15, -0.1) is 0 Å². The average Bonchev–Trinajstić information content (AvgIpc) is 3.00. The van der Waals surface area contributed by atoms with Crippen molar-refractivity contribution in [3.8, 4) is 11.3 Å². The number of fused-ring (bicyclic) bond motifs is 1. The molecule has 7 heteroatoms. The molecule has 0 aliphatic carbocycles. The van der Waals surface area contributed by atoms with E-state index >= 15 is 0 Å². The van der Waals surface area contributed by atoms with Crippen molar-refractivity contribution in [1.29, 1.82) is 0 Å². The predicted octanol–water partition coefficient (Wildman–Crippen LogP) is 3.07. The van der Waals surface area contributed by atoms with E-state index in [4.69, 9.17) is 4.74 Å². The number of esters is 1. The molecule has 0 fully saturated rings. The summed E-state index contributed by atoms with van der Waals surface area (Å²) in [5, 5.41) is 3.55. The number of anilines is 1. The highest BCUT2D eigenvalue weighted by atomic mass is 16.5. The predicted molar refractivity (Wildman–Crippen MR) is 94.3 cm³/mol. The quantitative estimate of drug-likeness (QED) is 0.713. The largest absolute Gasteiger partial charge is 0.461 e. The van der Waals surface area contributed by atoms with E-state index in [9.17, 15) is 9.59 Å². The second kappa shape index (κ2) is 6.72. The van der Waals surface area contributed by atoms with Gasteiger partial charge in [-0.2, -0.15) is 0 Å². The number of carbonyl (C=O) groups excluding carboxylic acids is 2. The Morgan fingerprint density at radius 2 is 2.00 bits per heavy atom. The van der Waals surface area contributed by atoms with E-state index in [1.165, 1.54) is 6.92 Å². The Hall–Kier alpha value is -3.22. The summed E-state index contributed by atoms with van der Waals surface area (Å²) in [6.07, 6.45) is 1.84. The van der Waals surface area contributed by atoms with Gasteiger partial charge in [0.1, 0.15) is 0 Å². The van der Waals surface area contributed by atoms with Crippen molar-refractivity contribution >= 4 is 28.6 Å². The number of carbonyl (C=O) groups is 2. The molecule has 3 rings (SSSR count). The molecule has 0 aliphatic rings. The molecule has 0 spiro atoms. The number of para-hydroxylation sites is 1. The first-order chi connectivity index (χ1) is 12.0. The van der Waals surface area contributed by atoms with Gasteiger partial charge in [0.2, 0.25) is 5.91 Å². The van der Waals surface area contributed by atoms with Crippen molar-refractivity contribution in [2.75, 3.05) is 11.9 Å². The summed E-state index contributed by atoms with van der Waals surface area (Å²) < 4.78 is 5.01. The molecular formula is C18H18N4O3. The Morgan fingerprint density at radius 3 is 2.72 bits per heavy atom. The first kappa shape index (κ1) is 16.6. The first-order valence-corrected chi connectivity index (χ1v) is 7.91. The number of amides is 1.